The van der Waals surface area contributed by atoms with Crippen LogP contribution >= 0.6 is 0 Å². The number of benzene rings is 1. The zero-order chi connectivity index (χ0) is 18.2. The van der Waals surface area contributed by atoms with Crippen LogP contribution < -0.4 is 20.7 Å². The van der Waals surface area contributed by atoms with E-state index in [0.29, 0.717) is 31.8 Å². The number of pyridine rings is 1. The van der Waals surface area contributed by atoms with Gasteiger partial charge in [0, 0.05) is 43.1 Å². The molecule has 3 N–H and O–H groups in total. The van der Waals surface area contributed by atoms with Crippen LogP contribution in [0.25, 0.3) is 0 Å². The number of carbonyl (C=O) groups is 1. The van der Waals surface area contributed by atoms with Crippen LogP contribution in [0.1, 0.15) is 12.1 Å². The Morgan fingerprint density at radius 1 is 1.27 bits per heavy atom. The van der Waals surface area contributed by atoms with Crippen molar-refractivity contribution in [2.24, 2.45) is 0 Å². The maximum Gasteiger partial charge on any atom is 0.319 e. The van der Waals surface area contributed by atoms with Crippen LogP contribution in [-0.2, 0) is 6.42 Å². The van der Waals surface area contributed by atoms with Gasteiger partial charge in [0.15, 0.2) is 0 Å². The summed E-state index contributed by atoms with van der Waals surface area (Å²) < 4.78 is 18.7. The fraction of sp³-hybridized carbons (Fsp3) is 0.368. The van der Waals surface area contributed by atoms with Crippen LogP contribution in [0.4, 0.5) is 14.9 Å². The third-order valence-electron chi connectivity index (χ3n) is 4.14. The Morgan fingerprint density at radius 3 is 2.81 bits per heavy atom. The lowest BCUT2D eigenvalue weighted by atomic mass is 10.2. The molecule has 2 heterocycles. The van der Waals surface area contributed by atoms with Gasteiger partial charge in [0.25, 0.3) is 0 Å². The smallest absolute Gasteiger partial charge is 0.319 e. The topological polar surface area (TPSA) is 75.3 Å². The third-order valence-corrected chi connectivity index (χ3v) is 4.14. The van der Waals surface area contributed by atoms with E-state index in [4.69, 9.17) is 4.74 Å². The van der Waals surface area contributed by atoms with Gasteiger partial charge in [-0.3, -0.25) is 4.98 Å². The number of amides is 2. The highest BCUT2D eigenvalue weighted by molar-refractivity contribution is 5.89. The molecular weight excluding hydrogens is 335 g/mol. The summed E-state index contributed by atoms with van der Waals surface area (Å²) >= 11 is 0. The Bertz CT molecular complexity index is 696. The number of carbonyl (C=O) groups excluding carboxylic acids is 1. The second-order valence-corrected chi connectivity index (χ2v) is 6.22. The number of urea groups is 1. The van der Waals surface area contributed by atoms with E-state index < -0.39 is 6.17 Å². The molecule has 0 spiro atoms. The second kappa shape index (κ2) is 9.15. The molecule has 0 saturated carbocycles. The number of aromatic nitrogens is 1. The fourth-order valence-electron chi connectivity index (χ4n) is 2.77. The van der Waals surface area contributed by atoms with E-state index in [1.807, 2.05) is 18.2 Å². The zero-order valence-electron chi connectivity index (χ0n) is 14.5. The predicted molar refractivity (Wildman–Crippen MR) is 98.2 cm³/mol. The lowest BCUT2D eigenvalue weighted by Crippen LogP contribution is -2.39. The highest BCUT2D eigenvalue weighted by Gasteiger charge is 2.23. The maximum absolute atomic E-state index is 13.1. The summed E-state index contributed by atoms with van der Waals surface area (Å²) in [5.74, 6) is 0.732. The van der Waals surface area contributed by atoms with E-state index in [2.05, 4.69) is 20.9 Å². The fourth-order valence-corrected chi connectivity index (χ4v) is 2.77. The molecule has 0 bridgehead atoms. The summed E-state index contributed by atoms with van der Waals surface area (Å²) in [6, 6.07) is 12.6. The molecule has 1 saturated heterocycles. The van der Waals surface area contributed by atoms with Crippen LogP contribution in [-0.4, -0.2) is 42.9 Å². The van der Waals surface area contributed by atoms with Gasteiger partial charge in [-0.1, -0.05) is 6.07 Å². The molecule has 6 nitrogen and oxygen atoms in total. The number of hydrogen-bond donors (Lipinski definition) is 3. The lowest BCUT2D eigenvalue weighted by Gasteiger charge is -2.12. The first kappa shape index (κ1) is 18.1. The summed E-state index contributed by atoms with van der Waals surface area (Å²) in [5.41, 5.74) is 1.65. The Balaban J connectivity index is 1.37. The summed E-state index contributed by atoms with van der Waals surface area (Å²) in [6.07, 6.45) is 2.11. The second-order valence-electron chi connectivity index (χ2n) is 6.22. The van der Waals surface area contributed by atoms with Crippen LogP contribution in [0.2, 0.25) is 0 Å². The van der Waals surface area contributed by atoms with E-state index >= 15 is 0 Å². The van der Waals surface area contributed by atoms with Gasteiger partial charge in [-0.15, -0.1) is 0 Å². The average Bonchev–Trinajstić information content (AvgIpc) is 3.08. The number of halogens is 1. The minimum atomic E-state index is -0.824. The van der Waals surface area contributed by atoms with Crippen molar-refractivity contribution in [3.63, 3.8) is 0 Å². The number of nitrogens with zero attached hydrogens (tertiary/aromatic N) is 1. The molecule has 1 aliphatic heterocycles. The molecule has 3 rings (SSSR count). The normalized spacial score (nSPS) is 19.1. The van der Waals surface area contributed by atoms with Gasteiger partial charge in [0.1, 0.15) is 11.9 Å². The van der Waals surface area contributed by atoms with Gasteiger partial charge in [0.2, 0.25) is 0 Å². The molecule has 138 valence electrons. The number of alkyl halides is 1. The summed E-state index contributed by atoms with van der Waals surface area (Å²) in [4.78, 5) is 16.1. The van der Waals surface area contributed by atoms with Crippen LogP contribution in [0.3, 0.4) is 0 Å². The molecular formula is C19H23FN4O2. The summed E-state index contributed by atoms with van der Waals surface area (Å²) in [6.45, 7) is 1.30. The SMILES string of the molecule is O=C(NC[C@@H]1C[C@H](F)CN1)Nc1ccc(OCCc2ccccn2)cc1. The van der Waals surface area contributed by atoms with Crippen molar-refractivity contribution in [2.45, 2.75) is 25.1 Å². The van der Waals surface area contributed by atoms with Crippen molar-refractivity contribution < 1.29 is 13.9 Å². The third kappa shape index (κ3) is 5.70. The van der Waals surface area contributed by atoms with Crippen LogP contribution in [0, 0.1) is 0 Å². The molecule has 0 unspecified atom stereocenters. The summed E-state index contributed by atoms with van der Waals surface area (Å²) in [5, 5.41) is 8.52. The maximum atomic E-state index is 13.1. The van der Waals surface area contributed by atoms with Gasteiger partial charge in [-0.2, -0.15) is 0 Å². The lowest BCUT2D eigenvalue weighted by molar-refractivity contribution is 0.251. The first-order valence-corrected chi connectivity index (χ1v) is 8.74. The molecule has 2 atom stereocenters. The van der Waals surface area contributed by atoms with Gasteiger partial charge < -0.3 is 20.7 Å². The van der Waals surface area contributed by atoms with Gasteiger partial charge >= 0.3 is 6.03 Å². The predicted octanol–water partition coefficient (Wildman–Crippen LogP) is 2.52. The standard InChI is InChI=1S/C19H23FN4O2/c20-14-11-17(22-12-14)13-23-19(25)24-16-4-6-18(7-5-16)26-10-8-15-3-1-2-9-21-15/h1-7,9,14,17,22H,8,10-13H2,(H2,23,24,25)/t14-,17-/m0/s1. The number of rotatable bonds is 7. The van der Waals surface area contributed by atoms with Gasteiger partial charge in [-0.05, 0) is 42.8 Å². The Hall–Kier alpha value is -2.67. The first-order valence-electron chi connectivity index (χ1n) is 8.74. The quantitative estimate of drug-likeness (QED) is 0.711. The van der Waals surface area contributed by atoms with Crippen LogP contribution in [0.5, 0.6) is 5.75 Å². The minimum Gasteiger partial charge on any atom is -0.493 e. The van der Waals surface area contributed by atoms with Crippen molar-refractivity contribution in [3.05, 3.63) is 54.4 Å². The molecule has 2 aromatic rings. The highest BCUT2D eigenvalue weighted by Crippen LogP contribution is 2.16. The molecule has 0 aliphatic carbocycles. The molecule has 1 aromatic heterocycles. The molecule has 26 heavy (non-hydrogen) atoms. The molecule has 1 fully saturated rings. The largest absolute Gasteiger partial charge is 0.493 e. The number of ether oxygens (including phenoxy) is 1. The minimum absolute atomic E-state index is 0.00868. The first-order chi connectivity index (χ1) is 12.7. The number of anilines is 1. The van der Waals surface area contributed by atoms with E-state index in [9.17, 15) is 9.18 Å². The highest BCUT2D eigenvalue weighted by atomic mass is 19.1. The molecule has 1 aromatic carbocycles. The Morgan fingerprint density at radius 2 is 2.12 bits per heavy atom. The van der Waals surface area contributed by atoms with Crippen molar-refractivity contribution in [2.75, 3.05) is 25.0 Å². The zero-order valence-corrected chi connectivity index (χ0v) is 14.5. The number of hydrogen-bond acceptors (Lipinski definition) is 4. The van der Waals surface area contributed by atoms with E-state index in [1.54, 1.807) is 30.5 Å². The summed E-state index contributed by atoms with van der Waals surface area (Å²) in [7, 11) is 0. The van der Waals surface area contributed by atoms with Crippen molar-refractivity contribution >= 4 is 11.7 Å². The Labute approximate surface area is 152 Å². The van der Waals surface area contributed by atoms with E-state index in [1.165, 1.54) is 0 Å². The Kier molecular flexibility index (Phi) is 6.38. The van der Waals surface area contributed by atoms with Crippen molar-refractivity contribution in [3.8, 4) is 5.75 Å². The molecule has 1 aliphatic rings. The van der Waals surface area contributed by atoms with E-state index in [0.717, 1.165) is 17.9 Å². The average molecular weight is 358 g/mol. The molecule has 2 amide bonds. The monoisotopic (exact) mass is 358 g/mol. The van der Waals surface area contributed by atoms with Crippen molar-refractivity contribution in [1.29, 1.82) is 0 Å². The van der Waals surface area contributed by atoms with Crippen LogP contribution in [0.15, 0.2) is 48.7 Å². The van der Waals surface area contributed by atoms with E-state index in [-0.39, 0.29) is 12.1 Å². The van der Waals surface area contributed by atoms with Gasteiger partial charge in [0.05, 0.1) is 6.61 Å². The molecule has 0 radical (unpaired) electrons. The van der Waals surface area contributed by atoms with Gasteiger partial charge in [-0.25, -0.2) is 9.18 Å². The van der Waals surface area contributed by atoms with Crippen molar-refractivity contribution in [1.82, 2.24) is 15.6 Å². The number of nitrogens with one attached hydrogen (secondary N) is 3. The molecule has 7 heteroatoms.